The molecule has 0 radical (unpaired) electrons. The van der Waals surface area contributed by atoms with E-state index in [2.05, 4.69) is 116 Å². The van der Waals surface area contributed by atoms with Crippen LogP contribution < -0.4 is 9.47 Å². The van der Waals surface area contributed by atoms with Gasteiger partial charge in [-0.2, -0.15) is 0 Å². The van der Waals surface area contributed by atoms with Gasteiger partial charge in [-0.1, -0.05) is 139 Å². The van der Waals surface area contributed by atoms with E-state index >= 15 is 0 Å². The van der Waals surface area contributed by atoms with Gasteiger partial charge in [0, 0.05) is 90.6 Å². The summed E-state index contributed by atoms with van der Waals surface area (Å²) in [7, 11) is 12.7. The number of phenolic OH excluding ortho intramolecular Hbond substituents is 6. The third-order valence-electron chi connectivity index (χ3n) is 30.0. The number of aliphatic hydroxyl groups excluding tert-OH is 2. The van der Waals surface area contributed by atoms with Gasteiger partial charge in [-0.25, -0.2) is 0 Å². The molecule has 18 nitrogen and oxygen atoms in total. The third kappa shape index (κ3) is 17.6. The normalized spacial score (nSPS) is 31.7. The lowest BCUT2D eigenvalue weighted by atomic mass is 9.48. The Morgan fingerprint density at radius 1 is 0.556 bits per heavy atom. The van der Waals surface area contributed by atoms with E-state index in [1.807, 2.05) is 86.9 Å². The minimum Gasteiger partial charge on any atom is -0.508 e. The quantitative estimate of drug-likeness (QED) is 0.0405. The Labute approximate surface area is 698 Å². The average Bonchev–Trinajstić information content (AvgIpc) is 1.57. The standard InChI is InChI=1S/C21H27NO4.C19H21NO3.C15H23NO2.2C15H23NO.C14H23NO/c23-14-5-4-13-10-16-21(25)7-6-15(24)19-20(21,17(13)18(14)26-19)8-9-22(16)11-12-2-1-3-12;1-2-8-20-9-7-19-12-4-6-15(22)18(19)23-17-14(21)5-3-11(16(17)19)10-13(12)20;1-16(2)11-13-6-3-4-9-15(13,18)12-7-5-8-14(17)10-12;2*1-3-15(9-4-5-10-16(2)12-15)13-7-6-8-14(17)11-13;1-5-14(11(2)10-15(3)4)12-7-6-8-13(16)9-12/h4-5,12,15-16,19,23-25H,1-3,6-11H2;2-6,12-13,15,18,21-22H,1,7-10H2;5,7-8,10,13,17-18H,3-4,6,9,11H2,1-2H3;2*6-8,11,17H,3-5,9-10,12H2,1-2H3;6-9,11,14,16H,5,10H2,1-4H3/t15-,16+,19-,20-,21+;12-,13+,15-,18-,19-;;2*15-;11-,14+/m00.100/s1. The van der Waals surface area contributed by atoms with E-state index in [0.717, 1.165) is 139 Å². The molecule has 0 aromatic heterocycles. The van der Waals surface area contributed by atoms with Crippen LogP contribution in [0.5, 0.6) is 46.0 Å². The number of hydrogen-bond acceptors (Lipinski definition) is 18. The van der Waals surface area contributed by atoms with Crippen molar-refractivity contribution in [3.05, 3.63) is 191 Å². The average molecular weight is 1610 g/mol. The molecule has 0 amide bonds. The van der Waals surface area contributed by atoms with E-state index in [0.29, 0.717) is 65.4 Å². The van der Waals surface area contributed by atoms with Crippen molar-refractivity contribution in [2.45, 2.75) is 244 Å². The Hall–Kier alpha value is -7.20. The molecule has 638 valence electrons. The number of ether oxygens (including phenoxy) is 2. The zero-order valence-corrected chi connectivity index (χ0v) is 71.9. The first-order chi connectivity index (χ1) is 56.1. The molecule has 4 bridgehead atoms. The maximum absolute atomic E-state index is 12.1. The monoisotopic (exact) mass is 1610 g/mol. The van der Waals surface area contributed by atoms with Gasteiger partial charge in [-0.3, -0.25) is 9.80 Å². The molecule has 6 heterocycles. The van der Waals surface area contributed by atoms with Crippen LogP contribution >= 0.6 is 0 Å². The van der Waals surface area contributed by atoms with Crippen LogP contribution in [0.4, 0.5) is 0 Å². The van der Waals surface area contributed by atoms with Gasteiger partial charge < -0.3 is 80.1 Å². The fourth-order valence-electron chi connectivity index (χ4n) is 24.0. The van der Waals surface area contributed by atoms with Crippen molar-refractivity contribution < 1.29 is 60.5 Å². The molecule has 6 aliphatic carbocycles. The summed E-state index contributed by atoms with van der Waals surface area (Å²) >= 11 is 0. The van der Waals surface area contributed by atoms with Crippen LogP contribution in [0, 0.1) is 23.7 Å². The van der Waals surface area contributed by atoms with Gasteiger partial charge >= 0.3 is 0 Å². The number of nitrogens with zero attached hydrogens (tertiary/aromatic N) is 6. The Morgan fingerprint density at radius 3 is 1.67 bits per heavy atom. The molecule has 18 heteroatoms. The van der Waals surface area contributed by atoms with Crippen molar-refractivity contribution in [2.24, 2.45) is 23.7 Å². The number of benzene rings is 6. The molecule has 10 N–H and O–H groups in total. The molecule has 6 aromatic rings. The summed E-state index contributed by atoms with van der Waals surface area (Å²) < 4.78 is 12.3. The highest BCUT2D eigenvalue weighted by molar-refractivity contribution is 5.64. The molecule has 3 saturated carbocycles. The second kappa shape index (κ2) is 37.0. The summed E-state index contributed by atoms with van der Waals surface area (Å²) in [6.45, 7) is 23.4. The van der Waals surface area contributed by atoms with Crippen molar-refractivity contribution in [3.8, 4) is 46.0 Å². The van der Waals surface area contributed by atoms with E-state index in [-0.39, 0.29) is 51.6 Å². The lowest BCUT2D eigenvalue weighted by molar-refractivity contribution is -0.209. The van der Waals surface area contributed by atoms with Gasteiger partial charge in [0.15, 0.2) is 23.0 Å². The van der Waals surface area contributed by atoms with Gasteiger partial charge in [-0.15, -0.1) is 6.58 Å². The molecule has 7 fully saturated rings. The van der Waals surface area contributed by atoms with Crippen LogP contribution in [0.3, 0.4) is 0 Å². The van der Waals surface area contributed by atoms with E-state index in [1.54, 1.807) is 42.5 Å². The number of likely N-dealkylation sites (N-methyl/N-ethyl adjacent to an activating group) is 2. The van der Waals surface area contributed by atoms with Crippen molar-refractivity contribution >= 4 is 0 Å². The first-order valence-corrected chi connectivity index (χ1v) is 44.6. The number of phenols is 6. The molecule has 6 aliphatic heterocycles. The molecule has 6 aromatic carbocycles. The third-order valence-corrected chi connectivity index (χ3v) is 30.0. The molecule has 2 unspecified atom stereocenters. The van der Waals surface area contributed by atoms with E-state index in [9.17, 15) is 51.1 Å². The summed E-state index contributed by atoms with van der Waals surface area (Å²) in [6.07, 6.45) is 27.8. The predicted molar refractivity (Wildman–Crippen MR) is 466 cm³/mol. The Bertz CT molecular complexity index is 4290. The van der Waals surface area contributed by atoms with Crippen LogP contribution in [0.25, 0.3) is 0 Å². The largest absolute Gasteiger partial charge is 0.508 e. The zero-order valence-electron chi connectivity index (χ0n) is 71.9. The van der Waals surface area contributed by atoms with Crippen molar-refractivity contribution in [2.75, 3.05) is 108 Å². The SMILES string of the molecule is C=CCN1CC[C@]23c4c5ccc(O)c4O[C@H]2[C@@H](O)C=C[C@H]3[C@H]1C5.CC[C@@H](c1cccc(O)c1)[C@@H](C)CN(C)C.CC[C@@]1(c2cccc(O)c2)CCCCN(C)C1.CC[C@]1(c2cccc(O)c2)CCCCN(C)C1.CN(C)CC1CCCCC1(O)c1cccc(O)c1.Oc1ccc2c3c1O[C@H]1[C@@H](O)CC[C@@]4(O)[C@@H](C2)N(CC2CCC2)CC[C@]314. The minimum atomic E-state index is -0.884. The molecule has 18 rings (SSSR count). The lowest BCUT2D eigenvalue weighted by Crippen LogP contribution is -2.77. The number of aromatic hydroxyl groups is 6. The summed E-state index contributed by atoms with van der Waals surface area (Å²) in [5.41, 5.74) is 7.30. The highest BCUT2D eigenvalue weighted by Gasteiger charge is 2.73. The fraction of sp³-hybridized carbons (Fsp3) is 0.596. The molecule has 2 spiro atoms. The number of hydrogen-bond donors (Lipinski definition) is 10. The number of piperidine rings is 2. The Morgan fingerprint density at radius 2 is 1.11 bits per heavy atom. The molecular weight excluding hydrogens is 1470 g/mol. The van der Waals surface area contributed by atoms with Crippen molar-refractivity contribution in [3.63, 3.8) is 0 Å². The highest BCUT2D eigenvalue weighted by Crippen LogP contribution is 2.67. The number of likely N-dealkylation sites (tertiary alicyclic amines) is 4. The van der Waals surface area contributed by atoms with Gasteiger partial charge in [-0.05, 0) is 289 Å². The van der Waals surface area contributed by atoms with Crippen LogP contribution in [-0.2, 0) is 40.1 Å². The number of rotatable bonds is 16. The molecular formula is C99H140N6O12. The molecule has 117 heavy (non-hydrogen) atoms. The fourth-order valence-corrected chi connectivity index (χ4v) is 24.0. The van der Waals surface area contributed by atoms with Crippen LogP contribution in [-0.4, -0.2) is 230 Å². The van der Waals surface area contributed by atoms with Crippen LogP contribution in [0.15, 0.2) is 146 Å². The van der Waals surface area contributed by atoms with Crippen molar-refractivity contribution in [1.29, 1.82) is 0 Å². The second-order valence-corrected chi connectivity index (χ2v) is 37.8. The molecule has 16 atom stereocenters. The van der Waals surface area contributed by atoms with Crippen LogP contribution in [0.2, 0.25) is 0 Å². The summed E-state index contributed by atoms with van der Waals surface area (Å²) in [5, 5.41) is 104. The molecule has 4 saturated heterocycles. The van der Waals surface area contributed by atoms with Gasteiger partial charge in [0.05, 0.1) is 22.7 Å². The summed E-state index contributed by atoms with van der Waals surface area (Å²) in [6, 6.07) is 38.4. The maximum Gasteiger partial charge on any atom is 0.165 e. The summed E-state index contributed by atoms with van der Waals surface area (Å²) in [4.78, 5) is 14.2. The first-order valence-electron chi connectivity index (χ1n) is 44.6. The first kappa shape index (κ1) is 87.6. The number of aliphatic hydroxyl groups is 4. The highest BCUT2D eigenvalue weighted by atomic mass is 16.5. The van der Waals surface area contributed by atoms with Crippen molar-refractivity contribution in [1.82, 2.24) is 29.4 Å². The van der Waals surface area contributed by atoms with E-state index < -0.39 is 34.9 Å². The molecule has 12 aliphatic rings. The smallest absolute Gasteiger partial charge is 0.165 e. The topological polar surface area (TPSA) is 240 Å². The zero-order chi connectivity index (χ0) is 83.4. The van der Waals surface area contributed by atoms with Crippen LogP contribution in [0.1, 0.15) is 207 Å². The Balaban J connectivity index is 0.000000123. The predicted octanol–water partition coefficient (Wildman–Crippen LogP) is 15.2. The van der Waals surface area contributed by atoms with E-state index in [4.69, 9.17) is 9.47 Å². The minimum absolute atomic E-state index is 0.0819. The van der Waals surface area contributed by atoms with E-state index in [1.165, 1.54) is 105 Å². The van der Waals surface area contributed by atoms with Gasteiger partial charge in [0.1, 0.15) is 41.3 Å². The Kier molecular flexibility index (Phi) is 27.7. The van der Waals surface area contributed by atoms with Gasteiger partial charge in [0.2, 0.25) is 0 Å². The summed E-state index contributed by atoms with van der Waals surface area (Å²) in [5.74, 6) is 5.29. The second-order valence-electron chi connectivity index (χ2n) is 37.8. The van der Waals surface area contributed by atoms with Gasteiger partial charge in [0.25, 0.3) is 0 Å². The lowest BCUT2D eigenvalue weighted by Gasteiger charge is -2.64. The maximum atomic E-state index is 12.1.